The van der Waals surface area contributed by atoms with Gasteiger partial charge >= 0.3 is 0 Å². The molecule has 1 aromatic heterocycles. The first-order valence-corrected chi connectivity index (χ1v) is 6.00. The first-order chi connectivity index (χ1) is 7.90. The molecule has 0 radical (unpaired) electrons. The van der Waals surface area contributed by atoms with Crippen molar-refractivity contribution >= 4 is 0 Å². The van der Waals surface area contributed by atoms with Gasteiger partial charge in [-0.1, -0.05) is 12.8 Å². The normalized spacial score (nSPS) is 25.6. The second-order valence-corrected chi connectivity index (χ2v) is 4.38. The van der Waals surface area contributed by atoms with Crippen LogP contribution in [0.5, 0.6) is 0 Å². The Morgan fingerprint density at radius 2 is 2.00 bits per heavy atom. The lowest BCUT2D eigenvalue weighted by Gasteiger charge is -2.30. The molecule has 4 heteroatoms. The van der Waals surface area contributed by atoms with Crippen LogP contribution in [0.25, 0.3) is 0 Å². The zero-order chi connectivity index (χ0) is 11.2. The lowest BCUT2D eigenvalue weighted by Crippen LogP contribution is -2.40. The molecular formula is C12H19N3O. The Balaban J connectivity index is 1.84. The average molecular weight is 221 g/mol. The summed E-state index contributed by atoms with van der Waals surface area (Å²) in [7, 11) is 0. The van der Waals surface area contributed by atoms with Crippen LogP contribution in [0.1, 0.15) is 31.5 Å². The van der Waals surface area contributed by atoms with Gasteiger partial charge in [-0.2, -0.15) is 0 Å². The van der Waals surface area contributed by atoms with E-state index in [0.717, 1.165) is 18.7 Å². The smallest absolute Gasteiger partial charge is 0.141 e. The molecule has 1 fully saturated rings. The van der Waals surface area contributed by atoms with Crippen LogP contribution in [0.2, 0.25) is 0 Å². The van der Waals surface area contributed by atoms with Gasteiger partial charge in [0.2, 0.25) is 0 Å². The molecule has 0 aliphatic heterocycles. The molecule has 1 saturated carbocycles. The fourth-order valence-corrected chi connectivity index (χ4v) is 2.34. The number of nitrogens with zero attached hydrogens (tertiary/aromatic N) is 2. The van der Waals surface area contributed by atoms with Gasteiger partial charge < -0.3 is 10.4 Å². The molecular weight excluding hydrogens is 202 g/mol. The fourth-order valence-electron chi connectivity index (χ4n) is 2.34. The number of aliphatic hydroxyl groups is 1. The van der Waals surface area contributed by atoms with Gasteiger partial charge in [-0.3, -0.25) is 0 Å². The summed E-state index contributed by atoms with van der Waals surface area (Å²) >= 11 is 0. The van der Waals surface area contributed by atoms with E-state index in [1.807, 2.05) is 6.07 Å². The second-order valence-electron chi connectivity index (χ2n) is 4.38. The van der Waals surface area contributed by atoms with Crippen LogP contribution in [0, 0.1) is 5.92 Å². The largest absolute Gasteiger partial charge is 0.396 e. The number of hydrogen-bond acceptors (Lipinski definition) is 4. The molecule has 0 aromatic carbocycles. The minimum atomic E-state index is 0.285. The first-order valence-electron chi connectivity index (χ1n) is 6.00. The van der Waals surface area contributed by atoms with Crippen molar-refractivity contribution in [2.24, 2.45) is 5.92 Å². The van der Waals surface area contributed by atoms with E-state index in [0.29, 0.717) is 18.5 Å². The molecule has 1 heterocycles. The third-order valence-corrected chi connectivity index (χ3v) is 3.29. The monoisotopic (exact) mass is 221 g/mol. The summed E-state index contributed by atoms with van der Waals surface area (Å²) < 4.78 is 0. The molecule has 0 spiro atoms. The molecule has 2 N–H and O–H groups in total. The highest BCUT2D eigenvalue weighted by atomic mass is 16.3. The molecule has 1 aromatic rings. The predicted molar refractivity (Wildman–Crippen MR) is 61.7 cm³/mol. The van der Waals surface area contributed by atoms with E-state index in [1.54, 1.807) is 12.4 Å². The van der Waals surface area contributed by atoms with Gasteiger partial charge in [0.15, 0.2) is 0 Å². The maximum Gasteiger partial charge on any atom is 0.141 e. The summed E-state index contributed by atoms with van der Waals surface area (Å²) in [5.74, 6) is 1.22. The Morgan fingerprint density at radius 1 is 1.25 bits per heavy atom. The fraction of sp³-hybridized carbons (Fsp3) is 0.667. The number of aromatic nitrogens is 2. The molecule has 88 valence electrons. The molecule has 2 rings (SSSR count). The minimum Gasteiger partial charge on any atom is -0.396 e. The van der Waals surface area contributed by atoms with E-state index in [9.17, 15) is 5.11 Å². The molecule has 2 unspecified atom stereocenters. The van der Waals surface area contributed by atoms with Crippen molar-refractivity contribution in [3.8, 4) is 0 Å². The highest BCUT2D eigenvalue weighted by Gasteiger charge is 2.23. The SMILES string of the molecule is OCC1CCCCC1NCc1ncccn1. The van der Waals surface area contributed by atoms with Crippen molar-refractivity contribution in [2.75, 3.05) is 6.61 Å². The maximum atomic E-state index is 9.29. The average Bonchev–Trinajstić information content (AvgIpc) is 2.38. The van der Waals surface area contributed by atoms with Crippen LogP contribution in [-0.4, -0.2) is 27.7 Å². The summed E-state index contributed by atoms with van der Waals surface area (Å²) in [4.78, 5) is 8.36. The van der Waals surface area contributed by atoms with Gasteiger partial charge in [0.05, 0.1) is 6.54 Å². The zero-order valence-corrected chi connectivity index (χ0v) is 9.47. The van der Waals surface area contributed by atoms with Crippen LogP contribution >= 0.6 is 0 Å². The molecule has 1 aliphatic rings. The molecule has 0 saturated heterocycles. The summed E-state index contributed by atoms with van der Waals surface area (Å²) in [5, 5.41) is 12.7. The van der Waals surface area contributed by atoms with Crippen LogP contribution in [0.3, 0.4) is 0 Å². The van der Waals surface area contributed by atoms with Gasteiger partial charge in [-0.25, -0.2) is 9.97 Å². The van der Waals surface area contributed by atoms with Crippen molar-refractivity contribution in [1.82, 2.24) is 15.3 Å². The van der Waals surface area contributed by atoms with Gasteiger partial charge in [-0.05, 0) is 24.8 Å². The van der Waals surface area contributed by atoms with Crippen molar-refractivity contribution in [3.63, 3.8) is 0 Å². The van der Waals surface area contributed by atoms with E-state index in [4.69, 9.17) is 0 Å². The molecule has 0 bridgehead atoms. The van der Waals surface area contributed by atoms with Gasteiger partial charge in [0.1, 0.15) is 5.82 Å². The van der Waals surface area contributed by atoms with Crippen molar-refractivity contribution in [2.45, 2.75) is 38.3 Å². The summed E-state index contributed by atoms with van der Waals surface area (Å²) in [6.45, 7) is 0.981. The molecule has 0 amide bonds. The zero-order valence-electron chi connectivity index (χ0n) is 9.47. The first kappa shape index (κ1) is 11.5. The number of aliphatic hydroxyl groups excluding tert-OH is 1. The van der Waals surface area contributed by atoms with Gasteiger partial charge in [0, 0.05) is 25.0 Å². The van der Waals surface area contributed by atoms with Crippen LogP contribution in [0.15, 0.2) is 18.5 Å². The third-order valence-electron chi connectivity index (χ3n) is 3.29. The Hall–Kier alpha value is -1.00. The van der Waals surface area contributed by atoms with Crippen molar-refractivity contribution < 1.29 is 5.11 Å². The minimum absolute atomic E-state index is 0.285. The molecule has 1 aliphatic carbocycles. The summed E-state index contributed by atoms with van der Waals surface area (Å²) in [5.41, 5.74) is 0. The number of nitrogens with one attached hydrogen (secondary N) is 1. The Labute approximate surface area is 96.1 Å². The highest BCUT2D eigenvalue weighted by Crippen LogP contribution is 2.23. The van der Waals surface area contributed by atoms with Crippen LogP contribution in [0.4, 0.5) is 0 Å². The second kappa shape index (κ2) is 5.92. The molecule has 4 nitrogen and oxygen atoms in total. The van der Waals surface area contributed by atoms with E-state index >= 15 is 0 Å². The molecule has 16 heavy (non-hydrogen) atoms. The Kier molecular flexibility index (Phi) is 4.25. The van der Waals surface area contributed by atoms with Crippen LogP contribution < -0.4 is 5.32 Å². The quantitative estimate of drug-likeness (QED) is 0.800. The van der Waals surface area contributed by atoms with E-state index in [2.05, 4.69) is 15.3 Å². The Bertz CT molecular complexity index is 304. The van der Waals surface area contributed by atoms with Crippen molar-refractivity contribution in [3.05, 3.63) is 24.3 Å². The van der Waals surface area contributed by atoms with Crippen molar-refractivity contribution in [1.29, 1.82) is 0 Å². The summed E-state index contributed by atoms with van der Waals surface area (Å²) in [6.07, 6.45) is 8.29. The lowest BCUT2D eigenvalue weighted by molar-refractivity contribution is 0.152. The third kappa shape index (κ3) is 3.00. The number of hydrogen-bond donors (Lipinski definition) is 2. The van der Waals surface area contributed by atoms with E-state index < -0.39 is 0 Å². The topological polar surface area (TPSA) is 58.0 Å². The summed E-state index contributed by atoms with van der Waals surface area (Å²) in [6, 6.07) is 2.24. The molecule has 2 atom stereocenters. The number of rotatable bonds is 4. The highest BCUT2D eigenvalue weighted by molar-refractivity contribution is 4.89. The van der Waals surface area contributed by atoms with Gasteiger partial charge in [0.25, 0.3) is 0 Å². The standard InChI is InChI=1S/C12H19N3O/c16-9-10-4-1-2-5-11(10)15-8-12-13-6-3-7-14-12/h3,6-7,10-11,15-16H,1-2,4-5,8-9H2. The van der Waals surface area contributed by atoms with Gasteiger partial charge in [-0.15, -0.1) is 0 Å². The lowest BCUT2D eigenvalue weighted by atomic mass is 9.85. The maximum absolute atomic E-state index is 9.29. The Morgan fingerprint density at radius 3 is 2.75 bits per heavy atom. The van der Waals surface area contributed by atoms with Crippen LogP contribution in [-0.2, 0) is 6.54 Å². The van der Waals surface area contributed by atoms with E-state index in [1.165, 1.54) is 12.8 Å². The van der Waals surface area contributed by atoms with E-state index in [-0.39, 0.29) is 6.61 Å². The predicted octanol–water partition coefficient (Wildman–Crippen LogP) is 1.12.